The van der Waals surface area contributed by atoms with E-state index < -0.39 is 11.1 Å². The summed E-state index contributed by atoms with van der Waals surface area (Å²) in [5.41, 5.74) is 2.37. The topological polar surface area (TPSA) is 96.7 Å². The predicted octanol–water partition coefficient (Wildman–Crippen LogP) is 5.46. The first-order valence-corrected chi connectivity index (χ1v) is 12.0. The Balaban J connectivity index is 1.50. The van der Waals surface area contributed by atoms with Gasteiger partial charge < -0.3 is 9.47 Å². The van der Waals surface area contributed by atoms with E-state index >= 15 is 0 Å². The van der Waals surface area contributed by atoms with Crippen LogP contribution in [0, 0.1) is 11.3 Å². The molecule has 0 N–H and O–H groups in total. The minimum absolute atomic E-state index is 0.192. The molecule has 4 rings (SSSR count). The highest BCUT2D eigenvalue weighted by atomic mass is 32.2. The largest absolute Gasteiger partial charge is 0.490 e. The first-order chi connectivity index (χ1) is 17.5. The fourth-order valence-corrected chi connectivity index (χ4v) is 4.40. The summed E-state index contributed by atoms with van der Waals surface area (Å²) in [4.78, 5) is 39.0. The number of carbonyl (C=O) groups is 3. The Kier molecular flexibility index (Phi) is 7.83. The van der Waals surface area contributed by atoms with Crippen molar-refractivity contribution in [1.82, 2.24) is 4.90 Å². The number of hydrogen-bond acceptors (Lipinski definition) is 7. The van der Waals surface area contributed by atoms with Gasteiger partial charge in [-0.15, -0.1) is 0 Å². The molecule has 3 aromatic rings. The molecular weight excluding hydrogens is 476 g/mol. The Morgan fingerprint density at radius 2 is 1.75 bits per heavy atom. The van der Waals surface area contributed by atoms with Crippen molar-refractivity contribution in [2.75, 3.05) is 13.2 Å². The van der Waals surface area contributed by atoms with Gasteiger partial charge in [0.2, 0.25) is 0 Å². The Morgan fingerprint density at radius 1 is 1.00 bits per heavy atom. The number of hydrogen-bond donors (Lipinski definition) is 0. The van der Waals surface area contributed by atoms with Gasteiger partial charge in [0.15, 0.2) is 17.3 Å². The van der Waals surface area contributed by atoms with E-state index in [1.807, 2.05) is 19.1 Å². The number of nitriles is 1. The molecule has 1 fully saturated rings. The summed E-state index contributed by atoms with van der Waals surface area (Å²) in [5.74, 6) is 0.139. The Labute approximate surface area is 212 Å². The van der Waals surface area contributed by atoms with Gasteiger partial charge in [0.05, 0.1) is 29.7 Å². The zero-order valence-electron chi connectivity index (χ0n) is 19.5. The minimum atomic E-state index is -0.513. The van der Waals surface area contributed by atoms with Crippen LogP contribution in [-0.2, 0) is 11.4 Å². The second-order valence-corrected chi connectivity index (χ2v) is 8.75. The lowest BCUT2D eigenvalue weighted by atomic mass is 10.1. The molecule has 0 radical (unpaired) electrons. The summed E-state index contributed by atoms with van der Waals surface area (Å²) in [6, 6.07) is 23.1. The van der Waals surface area contributed by atoms with E-state index in [-0.39, 0.29) is 23.8 Å². The van der Waals surface area contributed by atoms with Crippen molar-refractivity contribution in [1.29, 1.82) is 5.26 Å². The molecule has 1 heterocycles. The average Bonchev–Trinajstić information content (AvgIpc) is 3.16. The Bertz CT molecular complexity index is 1380. The number of ether oxygens (including phenoxy) is 2. The Hall–Kier alpha value is -4.35. The van der Waals surface area contributed by atoms with Crippen molar-refractivity contribution >= 4 is 34.8 Å². The van der Waals surface area contributed by atoms with Crippen molar-refractivity contribution < 1.29 is 23.9 Å². The number of nitrogens with zero attached hydrogens (tertiary/aromatic N) is 2. The zero-order chi connectivity index (χ0) is 25.5. The van der Waals surface area contributed by atoms with Gasteiger partial charge in [-0.25, -0.2) is 0 Å². The molecular formula is C28H22N2O5S. The smallest absolute Gasteiger partial charge is 0.293 e. The van der Waals surface area contributed by atoms with E-state index in [9.17, 15) is 19.6 Å². The highest BCUT2D eigenvalue weighted by Crippen LogP contribution is 2.35. The molecule has 1 aliphatic heterocycles. The summed E-state index contributed by atoms with van der Waals surface area (Å²) < 4.78 is 11.6. The third-order valence-electron chi connectivity index (χ3n) is 5.36. The van der Waals surface area contributed by atoms with Crippen molar-refractivity contribution in [2.45, 2.75) is 13.5 Å². The molecule has 3 aromatic carbocycles. The van der Waals surface area contributed by atoms with E-state index in [1.54, 1.807) is 66.7 Å². The molecule has 0 aliphatic carbocycles. The number of amides is 2. The van der Waals surface area contributed by atoms with Crippen LogP contribution in [0.3, 0.4) is 0 Å². The molecule has 0 atom stereocenters. The first kappa shape index (κ1) is 24.8. The monoisotopic (exact) mass is 498 g/mol. The molecule has 7 nitrogen and oxygen atoms in total. The van der Waals surface area contributed by atoms with Gasteiger partial charge >= 0.3 is 0 Å². The van der Waals surface area contributed by atoms with Crippen molar-refractivity contribution in [3.63, 3.8) is 0 Å². The summed E-state index contributed by atoms with van der Waals surface area (Å²) in [5, 5.41) is 8.79. The minimum Gasteiger partial charge on any atom is -0.490 e. The Morgan fingerprint density at radius 3 is 2.50 bits per heavy atom. The van der Waals surface area contributed by atoms with Crippen LogP contribution in [0.5, 0.6) is 11.5 Å². The van der Waals surface area contributed by atoms with Gasteiger partial charge in [0.25, 0.3) is 11.1 Å². The summed E-state index contributed by atoms with van der Waals surface area (Å²) in [6.07, 6.45) is 1.59. The number of benzene rings is 3. The molecule has 180 valence electrons. The van der Waals surface area contributed by atoms with Gasteiger partial charge in [0, 0.05) is 11.1 Å². The summed E-state index contributed by atoms with van der Waals surface area (Å²) in [6.45, 7) is 2.12. The van der Waals surface area contributed by atoms with E-state index in [4.69, 9.17) is 9.47 Å². The molecule has 0 unspecified atom stereocenters. The number of Topliss-reactive ketones (excluding diaryl/α,β-unsaturated/α-hetero) is 1. The third kappa shape index (κ3) is 5.65. The molecule has 8 heteroatoms. The van der Waals surface area contributed by atoms with Crippen LogP contribution in [0.4, 0.5) is 4.79 Å². The zero-order valence-corrected chi connectivity index (χ0v) is 20.3. The van der Waals surface area contributed by atoms with Crippen LogP contribution < -0.4 is 9.47 Å². The quantitative estimate of drug-likeness (QED) is 0.286. The van der Waals surface area contributed by atoms with E-state index in [1.165, 1.54) is 0 Å². The van der Waals surface area contributed by atoms with Crippen molar-refractivity contribution in [3.05, 3.63) is 100.0 Å². The van der Waals surface area contributed by atoms with Crippen molar-refractivity contribution in [2.24, 2.45) is 0 Å². The summed E-state index contributed by atoms with van der Waals surface area (Å²) >= 11 is 0.792. The van der Waals surface area contributed by atoms with E-state index in [2.05, 4.69) is 6.07 Å². The van der Waals surface area contributed by atoms with Crippen LogP contribution in [0.1, 0.15) is 34.0 Å². The molecule has 36 heavy (non-hydrogen) atoms. The predicted molar refractivity (Wildman–Crippen MR) is 137 cm³/mol. The number of thioether (sulfide) groups is 1. The number of rotatable bonds is 9. The molecule has 0 spiro atoms. The van der Waals surface area contributed by atoms with Crippen molar-refractivity contribution in [3.8, 4) is 17.6 Å². The molecule has 1 aliphatic rings. The molecule has 0 saturated carbocycles. The van der Waals surface area contributed by atoms with Crippen LogP contribution >= 0.6 is 11.8 Å². The second-order valence-electron chi connectivity index (χ2n) is 7.75. The number of ketones is 1. The maximum atomic E-state index is 12.9. The standard InChI is InChI=1S/C28H22N2O5S/c1-2-34-25-14-19(12-13-24(25)35-18-22-11-7-6-10-21(22)16-29)15-26-27(32)30(28(33)36-26)17-23(31)20-8-4-3-5-9-20/h3-15H,2,17-18H2,1H3/b26-15+. The molecule has 0 aromatic heterocycles. The van der Waals surface area contributed by atoms with Crippen LogP contribution in [0.25, 0.3) is 6.08 Å². The lowest BCUT2D eigenvalue weighted by Gasteiger charge is -2.13. The van der Waals surface area contributed by atoms with Crippen LogP contribution in [0.2, 0.25) is 0 Å². The lowest BCUT2D eigenvalue weighted by molar-refractivity contribution is -0.122. The molecule has 2 amide bonds. The van der Waals surface area contributed by atoms with Gasteiger partial charge in [-0.2, -0.15) is 5.26 Å². The SMILES string of the molecule is CCOc1cc(/C=C2/SC(=O)N(CC(=O)c3ccccc3)C2=O)ccc1OCc1ccccc1C#N. The van der Waals surface area contributed by atoms with Gasteiger partial charge in [0.1, 0.15) is 6.61 Å². The second kappa shape index (κ2) is 11.4. The first-order valence-electron chi connectivity index (χ1n) is 11.2. The average molecular weight is 499 g/mol. The number of imide groups is 1. The normalized spacial score (nSPS) is 14.1. The maximum absolute atomic E-state index is 12.9. The van der Waals surface area contributed by atoms with Gasteiger partial charge in [-0.3, -0.25) is 19.3 Å². The summed E-state index contributed by atoms with van der Waals surface area (Å²) in [7, 11) is 0. The van der Waals surface area contributed by atoms with E-state index in [0.29, 0.717) is 34.8 Å². The van der Waals surface area contributed by atoms with Gasteiger partial charge in [-0.1, -0.05) is 54.6 Å². The fraction of sp³-hybridized carbons (Fsp3) is 0.143. The highest BCUT2D eigenvalue weighted by molar-refractivity contribution is 8.18. The molecule has 1 saturated heterocycles. The van der Waals surface area contributed by atoms with Gasteiger partial charge in [-0.05, 0) is 48.5 Å². The highest BCUT2D eigenvalue weighted by Gasteiger charge is 2.36. The fourth-order valence-electron chi connectivity index (χ4n) is 3.56. The van der Waals surface area contributed by atoms with E-state index in [0.717, 1.165) is 22.2 Å². The molecule has 0 bridgehead atoms. The van der Waals surface area contributed by atoms with Crippen LogP contribution in [0.15, 0.2) is 77.7 Å². The number of carbonyl (C=O) groups excluding carboxylic acids is 3. The maximum Gasteiger partial charge on any atom is 0.293 e. The third-order valence-corrected chi connectivity index (χ3v) is 6.26. The lowest BCUT2D eigenvalue weighted by Crippen LogP contribution is -2.33. The van der Waals surface area contributed by atoms with Crippen LogP contribution in [-0.4, -0.2) is 35.0 Å².